The lowest BCUT2D eigenvalue weighted by molar-refractivity contribution is -0.134. The van der Waals surface area contributed by atoms with Crippen LogP contribution in [0.1, 0.15) is 44.0 Å². The van der Waals surface area contributed by atoms with Gasteiger partial charge in [0.25, 0.3) is 0 Å². The quantitative estimate of drug-likeness (QED) is 0.935. The van der Waals surface area contributed by atoms with E-state index in [-0.39, 0.29) is 47.2 Å². The molecule has 2 atom stereocenters. The third-order valence-electron chi connectivity index (χ3n) is 4.72. The van der Waals surface area contributed by atoms with Crippen LogP contribution < -0.4 is 0 Å². The molecule has 0 saturated carbocycles. The number of hydrogen-bond donors (Lipinski definition) is 1. The summed E-state index contributed by atoms with van der Waals surface area (Å²) in [7, 11) is 1.60. The first kappa shape index (κ1) is 6.34. The van der Waals surface area contributed by atoms with Crippen LogP contribution in [0.3, 0.4) is 0 Å². The van der Waals surface area contributed by atoms with Gasteiger partial charge in [-0.15, -0.1) is 0 Å². The topological polar surface area (TPSA) is 39.3 Å². The molecule has 4 rings (SSSR count). The summed E-state index contributed by atoms with van der Waals surface area (Å²) >= 11 is 0. The highest BCUT2D eigenvalue weighted by atomic mass is 16.2. The number of likely N-dealkylation sites (N-methyl/N-ethyl adjacent to an activating group) is 1. The van der Waals surface area contributed by atoms with Gasteiger partial charge in [-0.1, -0.05) is 18.2 Å². The van der Waals surface area contributed by atoms with Gasteiger partial charge in [0.05, 0.1) is 11.4 Å². The lowest BCUT2D eigenvalue weighted by Gasteiger charge is -2.40. The fourth-order valence-electron chi connectivity index (χ4n) is 3.59. The Morgan fingerprint density at radius 3 is 3.12 bits per heavy atom. The molecule has 126 valence electrons. The van der Waals surface area contributed by atoms with Crippen molar-refractivity contribution in [3.05, 3.63) is 41.5 Å². The number of carbonyl (C=O) groups is 1. The lowest BCUT2D eigenvalue weighted by atomic mass is 9.79. The van der Waals surface area contributed by atoms with E-state index in [9.17, 15) is 4.79 Å². The van der Waals surface area contributed by atoms with Gasteiger partial charge in [0.2, 0.25) is 5.91 Å². The van der Waals surface area contributed by atoms with Crippen LogP contribution in [-0.4, -0.2) is 53.3 Å². The minimum atomic E-state index is -3.69. The molecule has 0 radical (unpaired) electrons. The zero-order valence-corrected chi connectivity index (χ0v) is 12.9. The standard InChI is InChI=1S/C20H25N3O/c1-4-23(5-2)20(24)14-9-16-15-7-6-8-17-19(15)13(11-21-17)10-18(16)22(3)12-14/h6-9,11,14,18,21H,4-5,10,12H2,1-3H3/t14-,18-/m1/s1/i1D3,2D3,4D2,5D2,6D,7D,8D,11D. The summed E-state index contributed by atoms with van der Waals surface area (Å²) in [6, 6.07) is -1.51. The SMILES string of the molecule is [2H]c1[nH]c2c([2H])c([2H])c([2H])c3c2c1C[C@@H]1C3=C[C@@H](C(=O)N(C([2H])([2H])C([2H])([2H])[2H])C([2H])([2H])C([2H])([2H])[2H])CN1C. The highest BCUT2D eigenvalue weighted by Gasteiger charge is 2.36. The molecule has 2 aliphatic rings. The van der Waals surface area contributed by atoms with E-state index in [0.717, 1.165) is 0 Å². The predicted octanol–water partition coefficient (Wildman–Crippen LogP) is 2.91. The van der Waals surface area contributed by atoms with E-state index in [0.29, 0.717) is 16.5 Å². The fraction of sp³-hybridized carbons (Fsp3) is 0.450. The van der Waals surface area contributed by atoms with Crippen LogP contribution in [0.5, 0.6) is 0 Å². The second kappa shape index (κ2) is 5.78. The molecule has 2 heterocycles. The van der Waals surface area contributed by atoms with E-state index >= 15 is 0 Å². The maximum Gasteiger partial charge on any atom is 0.230 e. The highest BCUT2D eigenvalue weighted by Crippen LogP contribution is 2.40. The molecule has 0 saturated heterocycles. The highest BCUT2D eigenvalue weighted by molar-refractivity contribution is 5.99. The Morgan fingerprint density at radius 2 is 2.33 bits per heavy atom. The molecule has 1 aromatic heterocycles. The second-order valence-electron chi connectivity index (χ2n) is 6.01. The number of nitrogens with zero attached hydrogens (tertiary/aromatic N) is 2. The van der Waals surface area contributed by atoms with Crippen LogP contribution in [0.25, 0.3) is 16.5 Å². The normalized spacial score (nSPS) is 33.8. The molecule has 1 aliphatic carbocycles. The van der Waals surface area contributed by atoms with Crippen molar-refractivity contribution in [2.24, 2.45) is 5.92 Å². The summed E-state index contributed by atoms with van der Waals surface area (Å²) in [4.78, 5) is 17.8. The van der Waals surface area contributed by atoms with Crippen LogP contribution >= 0.6 is 0 Å². The summed E-state index contributed by atoms with van der Waals surface area (Å²) in [5, 5.41) is 0.373. The molecule has 0 spiro atoms. The molecular weight excluding hydrogens is 298 g/mol. The van der Waals surface area contributed by atoms with E-state index in [1.807, 2.05) is 0 Å². The molecule has 2 aromatic rings. The predicted molar refractivity (Wildman–Crippen MR) is 97.8 cm³/mol. The molecule has 1 aliphatic heterocycles. The number of benzene rings is 1. The number of nitrogens with one attached hydrogen (secondary N) is 1. The Hall–Kier alpha value is -2.07. The molecule has 1 amide bonds. The summed E-state index contributed by atoms with van der Waals surface area (Å²) in [6.45, 7) is -14.7. The Kier molecular flexibility index (Phi) is 1.53. The molecule has 0 bridgehead atoms. The van der Waals surface area contributed by atoms with Gasteiger partial charge >= 0.3 is 0 Å². The van der Waals surface area contributed by atoms with E-state index < -0.39 is 50.6 Å². The third-order valence-corrected chi connectivity index (χ3v) is 4.72. The van der Waals surface area contributed by atoms with Crippen molar-refractivity contribution in [1.29, 1.82) is 0 Å². The van der Waals surface area contributed by atoms with Crippen LogP contribution in [0.2, 0.25) is 0 Å². The summed E-state index contributed by atoms with van der Waals surface area (Å²) in [5.41, 5.74) is 1.23. The Bertz CT molecular complexity index is 1330. The Morgan fingerprint density at radius 1 is 1.50 bits per heavy atom. The van der Waals surface area contributed by atoms with Crippen molar-refractivity contribution in [3.63, 3.8) is 0 Å². The average molecular weight is 338 g/mol. The number of H-pyrrole nitrogens is 1. The largest absolute Gasteiger partial charge is 0.361 e. The van der Waals surface area contributed by atoms with Crippen LogP contribution in [0, 0.1) is 5.92 Å². The zero-order chi connectivity index (χ0) is 28.9. The van der Waals surface area contributed by atoms with E-state index in [1.54, 1.807) is 11.9 Å². The van der Waals surface area contributed by atoms with Gasteiger partial charge in [-0.3, -0.25) is 9.69 Å². The van der Waals surface area contributed by atoms with E-state index in [4.69, 9.17) is 19.2 Å². The summed E-state index contributed by atoms with van der Waals surface area (Å²) in [6.07, 6.45) is 1.61. The van der Waals surface area contributed by atoms with Crippen LogP contribution in [-0.2, 0) is 11.2 Å². The minimum Gasteiger partial charge on any atom is -0.361 e. The second-order valence-corrected chi connectivity index (χ2v) is 6.01. The Labute approximate surface area is 162 Å². The number of fused-ring (bicyclic) bond motifs is 2. The Balaban J connectivity index is 1.94. The van der Waals surface area contributed by atoms with Gasteiger partial charge in [-0.25, -0.2) is 0 Å². The molecule has 1 N–H and O–H groups in total. The first-order valence-corrected chi connectivity index (χ1v) is 7.52. The minimum absolute atomic E-state index is 0.0216. The van der Waals surface area contributed by atoms with Crippen molar-refractivity contribution in [3.8, 4) is 0 Å². The van der Waals surface area contributed by atoms with Gasteiger partial charge < -0.3 is 9.88 Å². The number of aromatic nitrogens is 1. The molecule has 1 aromatic carbocycles. The zero-order valence-electron chi connectivity index (χ0n) is 26.9. The monoisotopic (exact) mass is 337 g/mol. The van der Waals surface area contributed by atoms with Gasteiger partial charge in [-0.2, -0.15) is 0 Å². The molecule has 4 nitrogen and oxygen atoms in total. The van der Waals surface area contributed by atoms with Gasteiger partial charge in [0, 0.05) is 56.4 Å². The van der Waals surface area contributed by atoms with Crippen molar-refractivity contribution < 1.29 is 24.0 Å². The van der Waals surface area contributed by atoms with E-state index in [1.165, 1.54) is 6.08 Å². The molecular formula is C20H25N3O. The number of carbonyl (C=O) groups excluding carboxylic acids is 1. The average Bonchev–Trinajstić information content (AvgIpc) is 3.10. The summed E-state index contributed by atoms with van der Waals surface area (Å²) < 4.78 is 111. The first-order chi connectivity index (χ1) is 17.1. The third kappa shape index (κ3) is 2.20. The van der Waals surface area contributed by atoms with Crippen molar-refractivity contribution in [1.82, 2.24) is 14.8 Å². The number of hydrogen-bond acceptors (Lipinski definition) is 2. The fourth-order valence-corrected chi connectivity index (χ4v) is 3.59. The molecule has 0 fully saturated rings. The molecule has 4 heteroatoms. The van der Waals surface area contributed by atoms with Crippen LogP contribution in [0.15, 0.2) is 30.4 Å². The lowest BCUT2D eigenvalue weighted by Crippen LogP contribution is -2.47. The smallest absolute Gasteiger partial charge is 0.230 e. The first-order valence-electron chi connectivity index (χ1n) is 14.5. The van der Waals surface area contributed by atoms with Crippen LogP contribution in [0.4, 0.5) is 0 Å². The maximum atomic E-state index is 13.7. The van der Waals surface area contributed by atoms with Gasteiger partial charge in [0.15, 0.2) is 0 Å². The molecule has 0 unspecified atom stereocenters. The van der Waals surface area contributed by atoms with Gasteiger partial charge in [-0.05, 0) is 49.9 Å². The number of amides is 1. The number of aromatic amines is 1. The van der Waals surface area contributed by atoms with Gasteiger partial charge in [0.1, 0.15) is 0 Å². The molecule has 24 heavy (non-hydrogen) atoms. The number of rotatable bonds is 3. The van der Waals surface area contributed by atoms with Crippen molar-refractivity contribution >= 4 is 22.4 Å². The van der Waals surface area contributed by atoms with Crippen molar-refractivity contribution in [2.75, 3.05) is 26.6 Å². The van der Waals surface area contributed by atoms with Crippen molar-refractivity contribution in [2.45, 2.75) is 26.2 Å². The maximum absolute atomic E-state index is 13.7. The summed E-state index contributed by atoms with van der Waals surface area (Å²) in [5.74, 6) is -2.81. The van der Waals surface area contributed by atoms with E-state index in [2.05, 4.69) is 4.98 Å².